The fourth-order valence-electron chi connectivity index (χ4n) is 2.29. The SMILES string of the molecule is O=C(CSc1cccc2cccnc12)N/N=C\c1cc([N+](=O)[O-])ccc1Cl. The van der Waals surface area contributed by atoms with Crippen LogP contribution in [0.2, 0.25) is 5.02 Å². The molecule has 0 aliphatic heterocycles. The summed E-state index contributed by atoms with van der Waals surface area (Å²) in [7, 11) is 0. The van der Waals surface area contributed by atoms with Crippen LogP contribution in [0, 0.1) is 10.1 Å². The van der Waals surface area contributed by atoms with Crippen molar-refractivity contribution in [2.24, 2.45) is 5.10 Å². The van der Waals surface area contributed by atoms with Crippen LogP contribution < -0.4 is 5.43 Å². The number of para-hydroxylation sites is 1. The van der Waals surface area contributed by atoms with E-state index in [1.807, 2.05) is 30.3 Å². The first-order valence-corrected chi connectivity index (χ1v) is 9.13. The van der Waals surface area contributed by atoms with Gasteiger partial charge in [0.25, 0.3) is 5.69 Å². The van der Waals surface area contributed by atoms with Crippen LogP contribution in [0.15, 0.2) is 64.7 Å². The highest BCUT2D eigenvalue weighted by atomic mass is 35.5. The third kappa shape index (κ3) is 4.81. The van der Waals surface area contributed by atoms with Gasteiger partial charge in [-0.05, 0) is 18.2 Å². The number of hydrogen-bond donors (Lipinski definition) is 1. The van der Waals surface area contributed by atoms with Crippen molar-refractivity contribution in [2.75, 3.05) is 5.75 Å². The Labute approximate surface area is 163 Å². The fraction of sp³-hybridized carbons (Fsp3) is 0.0556. The number of hydrogen-bond acceptors (Lipinski definition) is 6. The standard InChI is InChI=1S/C18H13ClN4O3S/c19-15-7-6-14(23(25)26)9-13(15)10-21-22-17(24)11-27-16-5-1-3-12-4-2-8-20-18(12)16/h1-10H,11H2,(H,22,24)/b21-10-. The molecule has 0 bridgehead atoms. The van der Waals surface area contributed by atoms with Crippen molar-refractivity contribution >= 4 is 52.1 Å². The zero-order chi connectivity index (χ0) is 19.2. The molecule has 0 atom stereocenters. The summed E-state index contributed by atoms with van der Waals surface area (Å²) in [6.07, 6.45) is 2.98. The van der Waals surface area contributed by atoms with Gasteiger partial charge in [0.15, 0.2) is 0 Å². The largest absolute Gasteiger partial charge is 0.272 e. The molecule has 3 aromatic rings. The van der Waals surface area contributed by atoms with Gasteiger partial charge in [0.1, 0.15) is 0 Å². The zero-order valence-electron chi connectivity index (χ0n) is 13.8. The molecule has 0 fully saturated rings. The van der Waals surface area contributed by atoms with Gasteiger partial charge in [0.2, 0.25) is 5.91 Å². The first kappa shape index (κ1) is 18.8. The van der Waals surface area contributed by atoms with E-state index in [0.717, 1.165) is 15.8 Å². The van der Waals surface area contributed by atoms with Crippen molar-refractivity contribution in [3.8, 4) is 0 Å². The molecule has 1 heterocycles. The summed E-state index contributed by atoms with van der Waals surface area (Å²) in [5.41, 5.74) is 3.46. The molecule has 1 amide bonds. The van der Waals surface area contributed by atoms with E-state index in [2.05, 4.69) is 15.5 Å². The van der Waals surface area contributed by atoms with Crippen molar-refractivity contribution in [3.05, 3.63) is 75.4 Å². The zero-order valence-corrected chi connectivity index (χ0v) is 15.4. The smallest absolute Gasteiger partial charge is 0.270 e. The maximum Gasteiger partial charge on any atom is 0.270 e. The second kappa shape index (κ2) is 8.61. The average Bonchev–Trinajstić information content (AvgIpc) is 2.67. The van der Waals surface area contributed by atoms with Crippen LogP contribution in [-0.4, -0.2) is 27.8 Å². The number of amides is 1. The highest BCUT2D eigenvalue weighted by Crippen LogP contribution is 2.25. The third-order valence-corrected chi connectivity index (χ3v) is 4.93. The van der Waals surface area contributed by atoms with E-state index in [4.69, 9.17) is 11.6 Å². The lowest BCUT2D eigenvalue weighted by Crippen LogP contribution is -2.19. The van der Waals surface area contributed by atoms with Crippen molar-refractivity contribution < 1.29 is 9.72 Å². The minimum absolute atomic E-state index is 0.105. The highest BCUT2D eigenvalue weighted by Gasteiger charge is 2.09. The molecule has 0 saturated carbocycles. The predicted octanol–water partition coefficient (Wildman–Crippen LogP) is 4.04. The number of pyridine rings is 1. The van der Waals surface area contributed by atoms with Gasteiger partial charge in [-0.15, -0.1) is 11.8 Å². The summed E-state index contributed by atoms with van der Waals surface area (Å²) in [4.78, 5) is 27.5. The molecule has 9 heteroatoms. The number of carbonyl (C=O) groups excluding carboxylic acids is 1. The Hall–Kier alpha value is -2.97. The summed E-state index contributed by atoms with van der Waals surface area (Å²) < 4.78 is 0. The summed E-state index contributed by atoms with van der Waals surface area (Å²) in [6, 6.07) is 13.6. The van der Waals surface area contributed by atoms with Gasteiger partial charge in [-0.3, -0.25) is 19.9 Å². The molecule has 1 N–H and O–H groups in total. The molecular formula is C18H13ClN4O3S. The minimum Gasteiger partial charge on any atom is -0.272 e. The lowest BCUT2D eigenvalue weighted by Gasteiger charge is -2.04. The number of non-ortho nitro benzene ring substituents is 1. The number of hydrazone groups is 1. The molecule has 7 nitrogen and oxygen atoms in total. The molecule has 2 aromatic carbocycles. The van der Waals surface area contributed by atoms with Gasteiger partial charge in [-0.25, -0.2) is 5.43 Å². The van der Waals surface area contributed by atoms with Crippen LogP contribution in [0.5, 0.6) is 0 Å². The first-order chi connectivity index (χ1) is 13.0. The molecule has 0 radical (unpaired) electrons. The van der Waals surface area contributed by atoms with Crippen LogP contribution in [0.4, 0.5) is 5.69 Å². The van der Waals surface area contributed by atoms with Gasteiger partial charge in [-0.2, -0.15) is 5.10 Å². The number of nitro groups is 1. The Morgan fingerprint density at radius 1 is 1.30 bits per heavy atom. The predicted molar refractivity (Wildman–Crippen MR) is 106 cm³/mol. The highest BCUT2D eigenvalue weighted by molar-refractivity contribution is 8.00. The van der Waals surface area contributed by atoms with E-state index in [1.54, 1.807) is 6.20 Å². The Kier molecular flexibility index (Phi) is 6.00. The Morgan fingerprint density at radius 2 is 2.11 bits per heavy atom. The molecule has 0 aliphatic rings. The van der Waals surface area contributed by atoms with E-state index < -0.39 is 4.92 Å². The normalized spacial score (nSPS) is 11.0. The topological polar surface area (TPSA) is 97.5 Å². The summed E-state index contributed by atoms with van der Waals surface area (Å²) in [5, 5.41) is 15.9. The molecule has 3 rings (SSSR count). The molecule has 0 saturated heterocycles. The Balaban J connectivity index is 1.61. The van der Waals surface area contributed by atoms with Gasteiger partial charge in [0, 0.05) is 39.2 Å². The lowest BCUT2D eigenvalue weighted by atomic mass is 10.2. The number of nitrogens with zero attached hydrogens (tertiary/aromatic N) is 3. The number of halogens is 1. The number of rotatable bonds is 6. The molecular weight excluding hydrogens is 388 g/mol. The molecule has 1 aromatic heterocycles. The van der Waals surface area contributed by atoms with E-state index in [9.17, 15) is 14.9 Å². The van der Waals surface area contributed by atoms with Gasteiger partial charge < -0.3 is 0 Å². The number of thioether (sulfide) groups is 1. The number of benzene rings is 2. The number of nitro benzene ring substituents is 1. The van der Waals surface area contributed by atoms with Crippen molar-refractivity contribution in [1.29, 1.82) is 0 Å². The second-order valence-corrected chi connectivity index (χ2v) is 6.80. The van der Waals surface area contributed by atoms with Gasteiger partial charge in [0.05, 0.1) is 22.4 Å². The summed E-state index contributed by atoms with van der Waals surface area (Å²) in [6.45, 7) is 0. The number of nitrogens with one attached hydrogen (secondary N) is 1. The Bertz CT molecular complexity index is 1040. The second-order valence-electron chi connectivity index (χ2n) is 5.38. The monoisotopic (exact) mass is 400 g/mol. The number of carbonyl (C=O) groups is 1. The van der Waals surface area contributed by atoms with Crippen molar-refractivity contribution in [1.82, 2.24) is 10.4 Å². The fourth-order valence-corrected chi connectivity index (χ4v) is 3.29. The first-order valence-electron chi connectivity index (χ1n) is 7.77. The summed E-state index contributed by atoms with van der Waals surface area (Å²) in [5.74, 6) is -0.166. The van der Waals surface area contributed by atoms with E-state index in [0.29, 0.717) is 10.6 Å². The molecule has 0 unspecified atom stereocenters. The van der Waals surface area contributed by atoms with Crippen LogP contribution in [0.25, 0.3) is 10.9 Å². The van der Waals surface area contributed by atoms with Crippen LogP contribution in [-0.2, 0) is 4.79 Å². The maximum absolute atomic E-state index is 12.0. The number of fused-ring (bicyclic) bond motifs is 1. The van der Waals surface area contributed by atoms with Crippen LogP contribution in [0.3, 0.4) is 0 Å². The lowest BCUT2D eigenvalue weighted by molar-refractivity contribution is -0.384. The summed E-state index contributed by atoms with van der Waals surface area (Å²) >= 11 is 7.33. The maximum atomic E-state index is 12.0. The molecule has 27 heavy (non-hydrogen) atoms. The Morgan fingerprint density at radius 3 is 2.93 bits per heavy atom. The molecule has 136 valence electrons. The third-order valence-electron chi connectivity index (χ3n) is 3.54. The quantitative estimate of drug-likeness (QED) is 0.291. The van der Waals surface area contributed by atoms with E-state index in [1.165, 1.54) is 36.2 Å². The van der Waals surface area contributed by atoms with Crippen LogP contribution >= 0.6 is 23.4 Å². The van der Waals surface area contributed by atoms with Gasteiger partial charge >= 0.3 is 0 Å². The van der Waals surface area contributed by atoms with Crippen molar-refractivity contribution in [2.45, 2.75) is 4.90 Å². The average molecular weight is 401 g/mol. The van der Waals surface area contributed by atoms with Crippen molar-refractivity contribution in [3.63, 3.8) is 0 Å². The minimum atomic E-state index is -0.527. The van der Waals surface area contributed by atoms with Crippen LogP contribution in [0.1, 0.15) is 5.56 Å². The molecule has 0 spiro atoms. The number of aromatic nitrogens is 1. The van der Waals surface area contributed by atoms with Gasteiger partial charge in [-0.1, -0.05) is 29.8 Å². The van der Waals surface area contributed by atoms with E-state index >= 15 is 0 Å². The molecule has 0 aliphatic carbocycles. The van der Waals surface area contributed by atoms with E-state index in [-0.39, 0.29) is 17.3 Å².